The first kappa shape index (κ1) is 16.3. The number of ether oxygens (including phenoxy) is 2. The van der Waals surface area contributed by atoms with Crippen LogP contribution in [0.3, 0.4) is 0 Å². The SMILES string of the molecule is CCOC(=O)c1c[c]cc(N2CCN(CC(=O)OC)CC2)c1. The van der Waals surface area contributed by atoms with Crippen molar-refractivity contribution < 1.29 is 19.1 Å². The van der Waals surface area contributed by atoms with Gasteiger partial charge in [-0.15, -0.1) is 0 Å². The maximum atomic E-state index is 11.8. The van der Waals surface area contributed by atoms with Crippen LogP contribution >= 0.6 is 0 Å². The summed E-state index contributed by atoms with van der Waals surface area (Å²) >= 11 is 0. The molecule has 1 aliphatic rings. The minimum absolute atomic E-state index is 0.217. The van der Waals surface area contributed by atoms with Crippen LogP contribution < -0.4 is 4.90 Å². The smallest absolute Gasteiger partial charge is 0.338 e. The van der Waals surface area contributed by atoms with Crippen LogP contribution in [-0.2, 0) is 14.3 Å². The first-order valence-corrected chi connectivity index (χ1v) is 7.36. The Morgan fingerprint density at radius 1 is 1.23 bits per heavy atom. The van der Waals surface area contributed by atoms with Gasteiger partial charge in [0.05, 0.1) is 25.8 Å². The van der Waals surface area contributed by atoms with Gasteiger partial charge in [-0.1, -0.05) is 0 Å². The lowest BCUT2D eigenvalue weighted by atomic mass is 10.1. The fourth-order valence-corrected chi connectivity index (χ4v) is 2.39. The molecule has 2 rings (SSSR count). The Morgan fingerprint density at radius 2 is 1.95 bits per heavy atom. The highest BCUT2D eigenvalue weighted by Crippen LogP contribution is 2.18. The van der Waals surface area contributed by atoms with E-state index in [0.29, 0.717) is 18.7 Å². The minimum atomic E-state index is -0.329. The molecule has 0 aliphatic carbocycles. The summed E-state index contributed by atoms with van der Waals surface area (Å²) in [5.74, 6) is -0.545. The molecule has 1 radical (unpaired) electrons. The second-order valence-electron chi connectivity index (χ2n) is 5.04. The molecule has 1 fully saturated rings. The topological polar surface area (TPSA) is 59.1 Å². The summed E-state index contributed by atoms with van der Waals surface area (Å²) in [6.45, 7) is 5.59. The van der Waals surface area contributed by atoms with Crippen LogP contribution in [0, 0.1) is 6.07 Å². The van der Waals surface area contributed by atoms with E-state index in [-0.39, 0.29) is 11.9 Å². The summed E-state index contributed by atoms with van der Waals surface area (Å²) in [6, 6.07) is 8.31. The number of methoxy groups -OCH3 is 1. The molecule has 0 spiro atoms. The van der Waals surface area contributed by atoms with Crippen molar-refractivity contribution in [2.45, 2.75) is 6.92 Å². The van der Waals surface area contributed by atoms with E-state index in [0.717, 1.165) is 31.9 Å². The molecule has 0 N–H and O–H groups in total. The summed E-state index contributed by atoms with van der Waals surface area (Å²) in [5.41, 5.74) is 1.46. The number of carbonyl (C=O) groups excluding carboxylic acids is 2. The van der Waals surface area contributed by atoms with Gasteiger partial charge in [-0.3, -0.25) is 9.69 Å². The molecule has 6 heteroatoms. The van der Waals surface area contributed by atoms with Gasteiger partial charge >= 0.3 is 11.9 Å². The predicted octanol–water partition coefficient (Wildman–Crippen LogP) is 0.958. The molecule has 0 aromatic heterocycles. The lowest BCUT2D eigenvalue weighted by Crippen LogP contribution is -2.48. The average molecular weight is 305 g/mol. The van der Waals surface area contributed by atoms with Crippen molar-refractivity contribution >= 4 is 17.6 Å². The third kappa shape index (κ3) is 4.21. The van der Waals surface area contributed by atoms with E-state index < -0.39 is 0 Å². The summed E-state index contributed by atoms with van der Waals surface area (Å²) < 4.78 is 9.69. The van der Waals surface area contributed by atoms with Crippen LogP contribution in [0.4, 0.5) is 5.69 Å². The Hall–Kier alpha value is -2.08. The fraction of sp³-hybridized carbons (Fsp3) is 0.500. The highest BCUT2D eigenvalue weighted by molar-refractivity contribution is 5.90. The third-order valence-electron chi connectivity index (χ3n) is 3.60. The van der Waals surface area contributed by atoms with E-state index in [4.69, 9.17) is 4.74 Å². The monoisotopic (exact) mass is 305 g/mol. The molecule has 119 valence electrons. The van der Waals surface area contributed by atoms with Crippen LogP contribution in [0.5, 0.6) is 0 Å². The first-order chi connectivity index (χ1) is 10.6. The number of benzene rings is 1. The van der Waals surface area contributed by atoms with E-state index in [1.165, 1.54) is 7.11 Å². The number of hydrogen-bond donors (Lipinski definition) is 0. The second kappa shape index (κ2) is 7.79. The molecule has 1 aromatic carbocycles. The van der Waals surface area contributed by atoms with Crippen LogP contribution in [0.1, 0.15) is 17.3 Å². The Balaban J connectivity index is 1.95. The molecule has 0 bridgehead atoms. The zero-order chi connectivity index (χ0) is 15.9. The molecular formula is C16H21N2O4. The molecule has 6 nitrogen and oxygen atoms in total. The van der Waals surface area contributed by atoms with Gasteiger partial charge in [0.25, 0.3) is 0 Å². The number of esters is 2. The predicted molar refractivity (Wildman–Crippen MR) is 81.9 cm³/mol. The number of piperazine rings is 1. The van der Waals surface area contributed by atoms with Crippen LogP contribution in [0.25, 0.3) is 0 Å². The Kier molecular flexibility index (Phi) is 5.77. The second-order valence-corrected chi connectivity index (χ2v) is 5.04. The Bertz CT molecular complexity index is 525. The summed E-state index contributed by atoms with van der Waals surface area (Å²) in [5, 5.41) is 0. The summed E-state index contributed by atoms with van der Waals surface area (Å²) in [4.78, 5) is 27.3. The zero-order valence-corrected chi connectivity index (χ0v) is 13.0. The highest BCUT2D eigenvalue weighted by atomic mass is 16.5. The molecule has 0 atom stereocenters. The molecule has 1 aliphatic heterocycles. The fourth-order valence-electron chi connectivity index (χ4n) is 2.39. The Labute approximate surface area is 130 Å². The largest absolute Gasteiger partial charge is 0.468 e. The van der Waals surface area contributed by atoms with Gasteiger partial charge in [0.15, 0.2) is 0 Å². The van der Waals surface area contributed by atoms with Crippen molar-refractivity contribution in [3.05, 3.63) is 29.8 Å². The minimum Gasteiger partial charge on any atom is -0.468 e. The van der Waals surface area contributed by atoms with Crippen LogP contribution in [-0.4, -0.2) is 63.3 Å². The summed E-state index contributed by atoms with van der Waals surface area (Å²) in [7, 11) is 1.40. The van der Waals surface area contributed by atoms with Gasteiger partial charge in [0, 0.05) is 31.9 Å². The highest BCUT2D eigenvalue weighted by Gasteiger charge is 2.20. The number of rotatable bonds is 5. The van der Waals surface area contributed by atoms with E-state index in [2.05, 4.69) is 20.6 Å². The number of nitrogens with zero attached hydrogens (tertiary/aromatic N) is 2. The number of carbonyl (C=O) groups is 2. The van der Waals surface area contributed by atoms with Crippen molar-refractivity contribution in [3.8, 4) is 0 Å². The number of hydrogen-bond acceptors (Lipinski definition) is 6. The van der Waals surface area contributed by atoms with Crippen molar-refractivity contribution in [1.29, 1.82) is 0 Å². The molecule has 0 saturated carbocycles. The molecule has 1 heterocycles. The van der Waals surface area contributed by atoms with Crippen LogP contribution in [0.2, 0.25) is 0 Å². The van der Waals surface area contributed by atoms with E-state index in [9.17, 15) is 9.59 Å². The Morgan fingerprint density at radius 3 is 2.59 bits per heavy atom. The first-order valence-electron chi connectivity index (χ1n) is 7.36. The standard InChI is InChI=1S/C16H21N2O4/c1-3-22-16(20)13-5-4-6-14(11-13)18-9-7-17(8-10-18)12-15(19)21-2/h5-6,11H,3,7-10,12H2,1-2H3. The van der Waals surface area contributed by atoms with Gasteiger partial charge in [0.2, 0.25) is 0 Å². The van der Waals surface area contributed by atoms with Gasteiger partial charge in [-0.2, -0.15) is 0 Å². The quantitative estimate of drug-likeness (QED) is 0.755. The summed E-state index contributed by atoms with van der Waals surface area (Å²) in [6.07, 6.45) is 0. The maximum absolute atomic E-state index is 11.8. The van der Waals surface area contributed by atoms with Gasteiger partial charge < -0.3 is 14.4 Å². The molecule has 1 saturated heterocycles. The van der Waals surface area contributed by atoms with Crippen molar-refractivity contribution in [3.63, 3.8) is 0 Å². The molecule has 1 aromatic rings. The van der Waals surface area contributed by atoms with Crippen molar-refractivity contribution in [1.82, 2.24) is 4.90 Å². The molecular weight excluding hydrogens is 284 g/mol. The third-order valence-corrected chi connectivity index (χ3v) is 3.60. The van der Waals surface area contributed by atoms with Gasteiger partial charge in [-0.25, -0.2) is 4.79 Å². The molecule has 0 amide bonds. The van der Waals surface area contributed by atoms with Crippen molar-refractivity contribution in [2.24, 2.45) is 0 Å². The molecule has 22 heavy (non-hydrogen) atoms. The van der Waals surface area contributed by atoms with Gasteiger partial charge in [-0.05, 0) is 31.2 Å². The van der Waals surface area contributed by atoms with Gasteiger partial charge in [0.1, 0.15) is 0 Å². The van der Waals surface area contributed by atoms with E-state index >= 15 is 0 Å². The zero-order valence-electron chi connectivity index (χ0n) is 13.0. The maximum Gasteiger partial charge on any atom is 0.338 e. The average Bonchev–Trinajstić information content (AvgIpc) is 2.56. The normalized spacial score (nSPS) is 15.5. The number of anilines is 1. The van der Waals surface area contributed by atoms with Crippen molar-refractivity contribution in [2.75, 3.05) is 51.3 Å². The lowest BCUT2D eigenvalue weighted by Gasteiger charge is -2.35. The van der Waals surface area contributed by atoms with Crippen LogP contribution in [0.15, 0.2) is 18.2 Å². The molecule has 0 unspecified atom stereocenters. The van der Waals surface area contributed by atoms with E-state index in [1.807, 2.05) is 12.1 Å². The van der Waals surface area contributed by atoms with E-state index in [1.54, 1.807) is 13.0 Å². The lowest BCUT2D eigenvalue weighted by molar-refractivity contribution is -0.142.